The van der Waals surface area contributed by atoms with Gasteiger partial charge in [-0.1, -0.05) is 32.1 Å². The van der Waals surface area contributed by atoms with E-state index in [1.807, 2.05) is 4.90 Å². The van der Waals surface area contributed by atoms with E-state index in [9.17, 15) is 4.79 Å². The molecule has 0 aromatic heterocycles. The molecule has 2 rings (SSSR count). The Balaban J connectivity index is 1.58. The van der Waals surface area contributed by atoms with Crippen molar-refractivity contribution in [2.45, 2.75) is 38.5 Å². The summed E-state index contributed by atoms with van der Waals surface area (Å²) < 4.78 is 0. The Morgan fingerprint density at radius 3 is 2.59 bits per heavy atom. The summed E-state index contributed by atoms with van der Waals surface area (Å²) in [7, 11) is 0. The van der Waals surface area contributed by atoms with E-state index in [1.165, 1.54) is 32.1 Å². The third kappa shape index (κ3) is 4.19. The second-order valence-corrected chi connectivity index (χ2v) is 5.26. The van der Waals surface area contributed by atoms with E-state index >= 15 is 0 Å². The predicted octanol–water partition coefficient (Wildman–Crippen LogP) is 1.57. The molecule has 17 heavy (non-hydrogen) atoms. The number of amides is 2. The lowest BCUT2D eigenvalue weighted by molar-refractivity contribution is 0.189. The average molecular weight is 239 g/mol. The van der Waals surface area contributed by atoms with Crippen molar-refractivity contribution >= 4 is 6.03 Å². The van der Waals surface area contributed by atoms with Crippen LogP contribution in [-0.2, 0) is 0 Å². The zero-order valence-corrected chi connectivity index (χ0v) is 10.7. The monoisotopic (exact) mass is 239 g/mol. The topological polar surface area (TPSA) is 44.4 Å². The van der Waals surface area contributed by atoms with Gasteiger partial charge in [-0.2, -0.15) is 0 Å². The molecule has 4 heteroatoms. The lowest BCUT2D eigenvalue weighted by Crippen LogP contribution is -2.50. The number of piperazine rings is 1. The molecule has 1 heterocycles. The van der Waals surface area contributed by atoms with Crippen molar-refractivity contribution in [3.8, 4) is 0 Å². The molecule has 1 aliphatic carbocycles. The fraction of sp³-hybridized carbons (Fsp3) is 0.923. The van der Waals surface area contributed by atoms with E-state index in [1.54, 1.807) is 0 Å². The molecule has 2 N–H and O–H groups in total. The highest BCUT2D eigenvalue weighted by atomic mass is 16.2. The smallest absolute Gasteiger partial charge is 0.317 e. The minimum atomic E-state index is 0.127. The van der Waals surface area contributed by atoms with E-state index < -0.39 is 0 Å². The van der Waals surface area contributed by atoms with Crippen LogP contribution in [0.4, 0.5) is 4.79 Å². The molecule has 0 aromatic carbocycles. The second-order valence-electron chi connectivity index (χ2n) is 5.26. The molecule has 2 aliphatic rings. The van der Waals surface area contributed by atoms with E-state index in [0.717, 1.165) is 45.1 Å². The van der Waals surface area contributed by atoms with E-state index in [2.05, 4.69) is 10.6 Å². The Morgan fingerprint density at radius 1 is 1.18 bits per heavy atom. The van der Waals surface area contributed by atoms with Gasteiger partial charge < -0.3 is 15.5 Å². The van der Waals surface area contributed by atoms with Gasteiger partial charge in [0.1, 0.15) is 0 Å². The SMILES string of the molecule is O=C(NCCC1CCCCC1)N1CCNCC1. The summed E-state index contributed by atoms with van der Waals surface area (Å²) in [6, 6.07) is 0.127. The number of nitrogens with one attached hydrogen (secondary N) is 2. The minimum Gasteiger partial charge on any atom is -0.338 e. The van der Waals surface area contributed by atoms with Crippen molar-refractivity contribution in [1.82, 2.24) is 15.5 Å². The Morgan fingerprint density at radius 2 is 1.88 bits per heavy atom. The Kier molecular flexibility index (Phi) is 5.10. The molecule has 0 atom stereocenters. The lowest BCUT2D eigenvalue weighted by atomic mass is 9.87. The molecule has 98 valence electrons. The Bertz CT molecular complexity index is 233. The summed E-state index contributed by atoms with van der Waals surface area (Å²) in [6.07, 6.45) is 8.07. The number of rotatable bonds is 3. The van der Waals surface area contributed by atoms with Gasteiger partial charge in [-0.3, -0.25) is 0 Å². The van der Waals surface area contributed by atoms with Crippen molar-refractivity contribution in [1.29, 1.82) is 0 Å². The summed E-state index contributed by atoms with van der Waals surface area (Å²) in [5.74, 6) is 0.854. The number of carbonyl (C=O) groups is 1. The molecular weight excluding hydrogens is 214 g/mol. The molecule has 2 fully saturated rings. The van der Waals surface area contributed by atoms with Gasteiger partial charge in [-0.15, -0.1) is 0 Å². The van der Waals surface area contributed by atoms with Crippen molar-refractivity contribution in [3.05, 3.63) is 0 Å². The fourth-order valence-corrected chi connectivity index (χ4v) is 2.84. The van der Waals surface area contributed by atoms with Crippen molar-refractivity contribution in [3.63, 3.8) is 0 Å². The van der Waals surface area contributed by atoms with Crippen LogP contribution < -0.4 is 10.6 Å². The van der Waals surface area contributed by atoms with Gasteiger partial charge in [0, 0.05) is 32.7 Å². The minimum absolute atomic E-state index is 0.127. The summed E-state index contributed by atoms with van der Waals surface area (Å²) in [5, 5.41) is 6.31. The average Bonchev–Trinajstić information content (AvgIpc) is 2.41. The predicted molar refractivity (Wildman–Crippen MR) is 69.0 cm³/mol. The third-order valence-corrected chi connectivity index (χ3v) is 3.96. The van der Waals surface area contributed by atoms with Crippen LogP contribution in [0.25, 0.3) is 0 Å². The zero-order valence-electron chi connectivity index (χ0n) is 10.7. The maximum Gasteiger partial charge on any atom is 0.317 e. The first-order valence-corrected chi connectivity index (χ1v) is 7.10. The van der Waals surface area contributed by atoms with E-state index in [4.69, 9.17) is 0 Å². The summed E-state index contributed by atoms with van der Waals surface area (Å²) in [6.45, 7) is 4.39. The standard InChI is InChI=1S/C13H25N3O/c17-13(16-10-8-14-9-11-16)15-7-6-12-4-2-1-3-5-12/h12,14H,1-11H2,(H,15,17). The molecule has 1 saturated heterocycles. The molecule has 2 amide bonds. The Labute approximate surface area is 104 Å². The lowest BCUT2D eigenvalue weighted by Gasteiger charge is -2.28. The number of hydrogen-bond acceptors (Lipinski definition) is 2. The summed E-state index contributed by atoms with van der Waals surface area (Å²) in [5.41, 5.74) is 0. The summed E-state index contributed by atoms with van der Waals surface area (Å²) >= 11 is 0. The van der Waals surface area contributed by atoms with Crippen LogP contribution >= 0.6 is 0 Å². The number of nitrogens with zero attached hydrogens (tertiary/aromatic N) is 1. The normalized spacial score (nSPS) is 22.5. The molecule has 1 saturated carbocycles. The first kappa shape index (κ1) is 12.7. The molecule has 0 spiro atoms. The van der Waals surface area contributed by atoms with Crippen LogP contribution in [0.5, 0.6) is 0 Å². The van der Waals surface area contributed by atoms with Gasteiger partial charge >= 0.3 is 6.03 Å². The number of carbonyl (C=O) groups excluding carboxylic acids is 1. The van der Waals surface area contributed by atoms with Crippen LogP contribution in [-0.4, -0.2) is 43.7 Å². The third-order valence-electron chi connectivity index (χ3n) is 3.96. The highest BCUT2D eigenvalue weighted by Crippen LogP contribution is 2.25. The molecule has 0 unspecified atom stereocenters. The highest BCUT2D eigenvalue weighted by molar-refractivity contribution is 5.74. The largest absolute Gasteiger partial charge is 0.338 e. The van der Waals surface area contributed by atoms with Crippen LogP contribution in [0.1, 0.15) is 38.5 Å². The zero-order chi connectivity index (χ0) is 11.9. The highest BCUT2D eigenvalue weighted by Gasteiger charge is 2.17. The van der Waals surface area contributed by atoms with Crippen LogP contribution in [0.2, 0.25) is 0 Å². The molecule has 0 radical (unpaired) electrons. The van der Waals surface area contributed by atoms with Gasteiger partial charge in [-0.25, -0.2) is 4.79 Å². The molecule has 0 bridgehead atoms. The molecule has 0 aromatic rings. The Hall–Kier alpha value is -0.770. The number of urea groups is 1. The first-order valence-electron chi connectivity index (χ1n) is 7.10. The second kappa shape index (κ2) is 6.84. The number of hydrogen-bond donors (Lipinski definition) is 2. The molecular formula is C13H25N3O. The quantitative estimate of drug-likeness (QED) is 0.785. The van der Waals surface area contributed by atoms with Crippen molar-refractivity contribution < 1.29 is 4.79 Å². The maximum absolute atomic E-state index is 11.8. The van der Waals surface area contributed by atoms with E-state index in [-0.39, 0.29) is 6.03 Å². The van der Waals surface area contributed by atoms with Gasteiger partial charge in [0.25, 0.3) is 0 Å². The van der Waals surface area contributed by atoms with Gasteiger partial charge in [0.05, 0.1) is 0 Å². The first-order chi connectivity index (χ1) is 8.36. The van der Waals surface area contributed by atoms with Crippen molar-refractivity contribution in [2.24, 2.45) is 5.92 Å². The van der Waals surface area contributed by atoms with Gasteiger partial charge in [-0.05, 0) is 12.3 Å². The van der Waals surface area contributed by atoms with Gasteiger partial charge in [0.15, 0.2) is 0 Å². The maximum atomic E-state index is 11.8. The van der Waals surface area contributed by atoms with Crippen LogP contribution in [0.15, 0.2) is 0 Å². The fourth-order valence-electron chi connectivity index (χ4n) is 2.84. The van der Waals surface area contributed by atoms with Gasteiger partial charge in [0.2, 0.25) is 0 Å². The molecule has 1 aliphatic heterocycles. The van der Waals surface area contributed by atoms with Crippen LogP contribution in [0.3, 0.4) is 0 Å². The van der Waals surface area contributed by atoms with Crippen LogP contribution in [0, 0.1) is 5.92 Å². The molecule has 4 nitrogen and oxygen atoms in total. The summed E-state index contributed by atoms with van der Waals surface area (Å²) in [4.78, 5) is 13.7. The van der Waals surface area contributed by atoms with Crippen molar-refractivity contribution in [2.75, 3.05) is 32.7 Å². The van der Waals surface area contributed by atoms with E-state index in [0.29, 0.717) is 0 Å².